The maximum absolute atomic E-state index is 6.14. The Morgan fingerprint density at radius 3 is 2.71 bits per heavy atom. The standard InChI is InChI=1S/C12H16BrClN2O/c1-2-3-9-10(13)11(14)16-12(15-9)8-4-6-17-7-5-8/h8H,2-7H2,1H3. The van der Waals surface area contributed by atoms with E-state index in [2.05, 4.69) is 32.8 Å². The van der Waals surface area contributed by atoms with Gasteiger partial charge in [-0.1, -0.05) is 24.9 Å². The van der Waals surface area contributed by atoms with E-state index in [4.69, 9.17) is 16.3 Å². The highest BCUT2D eigenvalue weighted by Gasteiger charge is 2.21. The summed E-state index contributed by atoms with van der Waals surface area (Å²) < 4.78 is 6.20. The topological polar surface area (TPSA) is 35.0 Å². The van der Waals surface area contributed by atoms with E-state index in [9.17, 15) is 0 Å². The smallest absolute Gasteiger partial charge is 0.147 e. The van der Waals surface area contributed by atoms with Gasteiger partial charge in [-0.3, -0.25) is 0 Å². The highest BCUT2D eigenvalue weighted by molar-refractivity contribution is 9.10. The average Bonchev–Trinajstić information content (AvgIpc) is 2.36. The Labute approximate surface area is 115 Å². The Hall–Kier alpha value is -0.190. The van der Waals surface area contributed by atoms with Crippen molar-refractivity contribution in [2.24, 2.45) is 0 Å². The predicted molar refractivity (Wildman–Crippen MR) is 71.5 cm³/mol. The summed E-state index contributed by atoms with van der Waals surface area (Å²) in [6.07, 6.45) is 3.96. The summed E-state index contributed by atoms with van der Waals surface area (Å²) in [6, 6.07) is 0. The van der Waals surface area contributed by atoms with Crippen LogP contribution >= 0.6 is 27.5 Å². The summed E-state index contributed by atoms with van der Waals surface area (Å²) in [4.78, 5) is 9.04. The molecule has 2 heterocycles. The van der Waals surface area contributed by atoms with E-state index in [0.717, 1.165) is 54.9 Å². The summed E-state index contributed by atoms with van der Waals surface area (Å²) in [5.41, 5.74) is 1.02. The molecule has 2 rings (SSSR count). The lowest BCUT2D eigenvalue weighted by atomic mass is 9.99. The van der Waals surface area contributed by atoms with Crippen LogP contribution in [0, 0.1) is 0 Å². The molecule has 0 spiro atoms. The molecule has 0 aromatic carbocycles. The molecule has 1 aliphatic heterocycles. The van der Waals surface area contributed by atoms with Gasteiger partial charge < -0.3 is 4.74 Å². The Balaban J connectivity index is 2.27. The minimum atomic E-state index is 0.393. The van der Waals surface area contributed by atoms with Crippen LogP contribution in [-0.4, -0.2) is 23.2 Å². The molecule has 0 unspecified atom stereocenters. The third-order valence-corrected chi connectivity index (χ3v) is 4.30. The molecule has 0 N–H and O–H groups in total. The molecule has 0 amide bonds. The molecule has 1 aromatic heterocycles. The third-order valence-electron chi connectivity index (χ3n) is 2.97. The zero-order chi connectivity index (χ0) is 12.3. The number of aryl methyl sites for hydroxylation is 1. The summed E-state index contributed by atoms with van der Waals surface area (Å²) in [7, 11) is 0. The van der Waals surface area contributed by atoms with Crippen molar-refractivity contribution >= 4 is 27.5 Å². The van der Waals surface area contributed by atoms with Crippen molar-refractivity contribution in [1.82, 2.24) is 9.97 Å². The van der Waals surface area contributed by atoms with Gasteiger partial charge in [0, 0.05) is 19.1 Å². The van der Waals surface area contributed by atoms with Gasteiger partial charge in [-0.25, -0.2) is 9.97 Å². The predicted octanol–water partition coefficient (Wildman–Crippen LogP) is 3.74. The first-order valence-electron chi connectivity index (χ1n) is 6.02. The molecular weight excluding hydrogens is 304 g/mol. The zero-order valence-corrected chi connectivity index (χ0v) is 12.2. The molecule has 0 saturated carbocycles. The second-order valence-corrected chi connectivity index (χ2v) is 5.42. The van der Waals surface area contributed by atoms with Gasteiger partial charge in [-0.15, -0.1) is 0 Å². The minimum Gasteiger partial charge on any atom is -0.381 e. The van der Waals surface area contributed by atoms with E-state index in [1.54, 1.807) is 0 Å². The fourth-order valence-electron chi connectivity index (χ4n) is 2.02. The van der Waals surface area contributed by atoms with Gasteiger partial charge in [0.1, 0.15) is 11.0 Å². The van der Waals surface area contributed by atoms with E-state index < -0.39 is 0 Å². The van der Waals surface area contributed by atoms with Crippen molar-refractivity contribution in [3.8, 4) is 0 Å². The Bertz CT molecular complexity index is 394. The number of ether oxygens (including phenoxy) is 1. The molecule has 1 aliphatic rings. The molecule has 3 nitrogen and oxygen atoms in total. The van der Waals surface area contributed by atoms with E-state index in [1.807, 2.05) is 0 Å². The van der Waals surface area contributed by atoms with Gasteiger partial charge in [0.2, 0.25) is 0 Å². The van der Waals surface area contributed by atoms with Crippen LogP contribution in [0.1, 0.15) is 43.6 Å². The van der Waals surface area contributed by atoms with E-state index >= 15 is 0 Å². The minimum absolute atomic E-state index is 0.393. The number of hydrogen-bond donors (Lipinski definition) is 0. The normalized spacial score (nSPS) is 17.4. The molecule has 1 fully saturated rings. The van der Waals surface area contributed by atoms with Crippen molar-refractivity contribution in [1.29, 1.82) is 0 Å². The highest BCUT2D eigenvalue weighted by atomic mass is 79.9. The molecule has 0 atom stereocenters. The van der Waals surface area contributed by atoms with Crippen LogP contribution in [0.4, 0.5) is 0 Å². The van der Waals surface area contributed by atoms with Crippen LogP contribution in [0.25, 0.3) is 0 Å². The van der Waals surface area contributed by atoms with E-state index in [-0.39, 0.29) is 0 Å². The monoisotopic (exact) mass is 318 g/mol. The van der Waals surface area contributed by atoms with Crippen LogP contribution in [0.3, 0.4) is 0 Å². The lowest BCUT2D eigenvalue weighted by Crippen LogP contribution is -2.17. The van der Waals surface area contributed by atoms with E-state index in [0.29, 0.717) is 11.1 Å². The first kappa shape index (κ1) is 13.2. The number of rotatable bonds is 3. The van der Waals surface area contributed by atoms with E-state index in [1.165, 1.54) is 0 Å². The number of aromatic nitrogens is 2. The first-order chi connectivity index (χ1) is 8.22. The van der Waals surface area contributed by atoms with Crippen molar-refractivity contribution in [3.05, 3.63) is 21.1 Å². The lowest BCUT2D eigenvalue weighted by Gasteiger charge is -2.21. The summed E-state index contributed by atoms with van der Waals surface area (Å²) >= 11 is 9.60. The Kier molecular flexibility index (Phi) is 4.77. The van der Waals surface area contributed by atoms with Crippen molar-refractivity contribution in [3.63, 3.8) is 0 Å². The SMILES string of the molecule is CCCc1nc(C2CCOCC2)nc(Cl)c1Br. The van der Waals surface area contributed by atoms with Crippen LogP contribution in [0.5, 0.6) is 0 Å². The fourth-order valence-corrected chi connectivity index (χ4v) is 2.59. The molecule has 0 aliphatic carbocycles. The van der Waals surface area contributed by atoms with Crippen molar-refractivity contribution in [2.75, 3.05) is 13.2 Å². The largest absolute Gasteiger partial charge is 0.381 e. The van der Waals surface area contributed by atoms with Gasteiger partial charge in [0.15, 0.2) is 0 Å². The number of halogens is 2. The van der Waals surface area contributed by atoms with Crippen LogP contribution in [-0.2, 0) is 11.2 Å². The molecular formula is C12H16BrClN2O. The van der Waals surface area contributed by atoms with Gasteiger partial charge in [-0.2, -0.15) is 0 Å². The van der Waals surface area contributed by atoms with Gasteiger partial charge >= 0.3 is 0 Å². The molecule has 0 bridgehead atoms. The summed E-state index contributed by atoms with van der Waals surface area (Å²) in [6.45, 7) is 3.73. The van der Waals surface area contributed by atoms with Gasteiger partial charge in [-0.05, 0) is 35.2 Å². The highest BCUT2D eigenvalue weighted by Crippen LogP contribution is 2.30. The van der Waals surface area contributed by atoms with Gasteiger partial charge in [0.25, 0.3) is 0 Å². The fraction of sp³-hybridized carbons (Fsp3) is 0.667. The quantitative estimate of drug-likeness (QED) is 0.796. The number of hydrogen-bond acceptors (Lipinski definition) is 3. The molecule has 94 valence electrons. The summed E-state index contributed by atoms with van der Waals surface area (Å²) in [5, 5.41) is 0.532. The number of nitrogens with zero attached hydrogens (tertiary/aromatic N) is 2. The van der Waals surface area contributed by atoms with Crippen LogP contribution in [0.15, 0.2) is 4.47 Å². The molecule has 0 radical (unpaired) electrons. The van der Waals surface area contributed by atoms with Crippen molar-refractivity contribution < 1.29 is 4.74 Å². The second-order valence-electron chi connectivity index (χ2n) is 4.27. The first-order valence-corrected chi connectivity index (χ1v) is 7.19. The maximum atomic E-state index is 6.14. The van der Waals surface area contributed by atoms with Crippen LogP contribution < -0.4 is 0 Å². The van der Waals surface area contributed by atoms with Gasteiger partial charge in [0.05, 0.1) is 10.2 Å². The van der Waals surface area contributed by atoms with Crippen LogP contribution in [0.2, 0.25) is 5.15 Å². The lowest BCUT2D eigenvalue weighted by molar-refractivity contribution is 0.0835. The zero-order valence-electron chi connectivity index (χ0n) is 9.88. The summed E-state index contributed by atoms with van der Waals surface area (Å²) in [5.74, 6) is 1.27. The molecule has 1 aromatic rings. The molecule has 17 heavy (non-hydrogen) atoms. The second kappa shape index (κ2) is 6.12. The molecule has 1 saturated heterocycles. The Morgan fingerprint density at radius 1 is 1.35 bits per heavy atom. The maximum Gasteiger partial charge on any atom is 0.147 e. The molecule has 5 heteroatoms. The average molecular weight is 320 g/mol. The Morgan fingerprint density at radius 2 is 2.06 bits per heavy atom. The van der Waals surface area contributed by atoms with Crippen molar-refractivity contribution in [2.45, 2.75) is 38.5 Å². The third kappa shape index (κ3) is 3.18.